The summed E-state index contributed by atoms with van der Waals surface area (Å²) in [6.07, 6.45) is -0.555. The number of hydrogen-bond acceptors (Lipinski definition) is 7. The van der Waals surface area contributed by atoms with Crippen LogP contribution < -0.4 is 5.73 Å². The summed E-state index contributed by atoms with van der Waals surface area (Å²) >= 11 is 1.58. The summed E-state index contributed by atoms with van der Waals surface area (Å²) in [6, 6.07) is 12.1. The van der Waals surface area contributed by atoms with Gasteiger partial charge in [-0.2, -0.15) is 16.3 Å². The smallest absolute Gasteiger partial charge is 0.240 e. The molecule has 25 heavy (non-hydrogen) atoms. The fraction of sp³-hybridized carbons (Fsp3) is 0.294. The van der Waals surface area contributed by atoms with Gasteiger partial charge in [-0.15, -0.1) is 12.4 Å². The molecule has 2 aromatic heterocycles. The molecule has 0 aliphatic carbocycles. The lowest BCUT2D eigenvalue weighted by atomic mass is 10.1. The molecule has 1 atom stereocenters. The van der Waals surface area contributed by atoms with Gasteiger partial charge in [0, 0.05) is 13.1 Å². The summed E-state index contributed by atoms with van der Waals surface area (Å²) in [5, 5.41) is 18.3. The predicted molar refractivity (Wildman–Crippen MR) is 99.3 cm³/mol. The van der Waals surface area contributed by atoms with Gasteiger partial charge < -0.3 is 15.4 Å². The van der Waals surface area contributed by atoms with Crippen LogP contribution in [0.15, 0.2) is 51.7 Å². The quantitative estimate of drug-likeness (QED) is 0.624. The molecule has 0 aliphatic heterocycles. The zero-order valence-electron chi connectivity index (χ0n) is 13.6. The van der Waals surface area contributed by atoms with Crippen molar-refractivity contribution in [2.45, 2.75) is 25.7 Å². The van der Waals surface area contributed by atoms with Crippen LogP contribution >= 0.6 is 23.7 Å². The summed E-state index contributed by atoms with van der Waals surface area (Å²) in [5.41, 5.74) is 7.60. The van der Waals surface area contributed by atoms with Crippen LogP contribution in [0.3, 0.4) is 0 Å². The summed E-state index contributed by atoms with van der Waals surface area (Å²) in [6.45, 7) is 1.88. The molecule has 3 N–H and O–H groups in total. The highest BCUT2D eigenvalue weighted by atomic mass is 35.5. The molecule has 1 aromatic carbocycles. The van der Waals surface area contributed by atoms with Crippen LogP contribution in [-0.2, 0) is 19.6 Å². The van der Waals surface area contributed by atoms with E-state index in [2.05, 4.69) is 27.2 Å². The molecule has 3 rings (SSSR count). The minimum atomic E-state index is -0.555. The van der Waals surface area contributed by atoms with Crippen LogP contribution in [-0.4, -0.2) is 26.7 Å². The number of benzene rings is 1. The minimum Gasteiger partial charge on any atom is -0.387 e. The Bertz CT molecular complexity index is 736. The van der Waals surface area contributed by atoms with E-state index < -0.39 is 6.10 Å². The Morgan fingerprint density at radius 2 is 2.00 bits per heavy atom. The lowest BCUT2D eigenvalue weighted by Gasteiger charge is -2.23. The maximum atomic E-state index is 10.5. The van der Waals surface area contributed by atoms with Crippen molar-refractivity contribution >= 4 is 23.7 Å². The maximum absolute atomic E-state index is 10.5. The molecule has 1 unspecified atom stereocenters. The van der Waals surface area contributed by atoms with E-state index in [4.69, 9.17) is 10.3 Å². The second-order valence-electron chi connectivity index (χ2n) is 5.54. The first-order valence-electron chi connectivity index (χ1n) is 7.72. The number of aliphatic hydroxyl groups is 1. The van der Waals surface area contributed by atoms with Gasteiger partial charge in [0.15, 0.2) is 5.82 Å². The van der Waals surface area contributed by atoms with E-state index in [-0.39, 0.29) is 19.0 Å². The summed E-state index contributed by atoms with van der Waals surface area (Å²) in [5.74, 6) is 0.993. The van der Waals surface area contributed by atoms with Crippen LogP contribution in [0.2, 0.25) is 0 Å². The van der Waals surface area contributed by atoms with E-state index in [0.29, 0.717) is 31.3 Å². The number of rotatable bonds is 8. The van der Waals surface area contributed by atoms with Gasteiger partial charge in [-0.3, -0.25) is 4.90 Å². The lowest BCUT2D eigenvalue weighted by Crippen LogP contribution is -2.28. The summed E-state index contributed by atoms with van der Waals surface area (Å²) < 4.78 is 5.07. The van der Waals surface area contributed by atoms with Gasteiger partial charge >= 0.3 is 0 Å². The molecule has 2 heterocycles. The average Bonchev–Trinajstić information content (AvgIpc) is 3.27. The normalized spacial score (nSPS) is 12.1. The fourth-order valence-corrected chi connectivity index (χ4v) is 3.19. The molecule has 0 radical (unpaired) electrons. The standard InChI is InChI=1S/C17H20N4O2S.ClH/c18-8-17-19-16(20-23-17)11-21(9-13-4-2-1-3-5-13)10-15(22)14-6-7-24-12-14;/h1-7,12,15,22H,8-11,18H2;1H. The highest BCUT2D eigenvalue weighted by Gasteiger charge is 2.17. The molecule has 6 nitrogen and oxygen atoms in total. The van der Waals surface area contributed by atoms with E-state index in [1.54, 1.807) is 11.3 Å². The first-order chi connectivity index (χ1) is 11.7. The molecular formula is C17H21ClN4O2S. The van der Waals surface area contributed by atoms with Crippen LogP contribution in [0.4, 0.5) is 0 Å². The monoisotopic (exact) mass is 380 g/mol. The van der Waals surface area contributed by atoms with Crippen molar-refractivity contribution in [3.05, 3.63) is 70.0 Å². The third-order valence-corrected chi connectivity index (χ3v) is 4.36. The van der Waals surface area contributed by atoms with Crippen LogP contribution in [0, 0.1) is 0 Å². The van der Waals surface area contributed by atoms with Crippen LogP contribution in [0.25, 0.3) is 0 Å². The Balaban J connectivity index is 0.00000225. The van der Waals surface area contributed by atoms with E-state index in [1.165, 1.54) is 0 Å². The molecule has 3 aromatic rings. The second-order valence-corrected chi connectivity index (χ2v) is 6.32. The van der Waals surface area contributed by atoms with Crippen molar-refractivity contribution in [1.29, 1.82) is 0 Å². The highest BCUT2D eigenvalue weighted by Crippen LogP contribution is 2.19. The molecule has 0 saturated heterocycles. The van der Waals surface area contributed by atoms with Gasteiger partial charge in [0.25, 0.3) is 0 Å². The lowest BCUT2D eigenvalue weighted by molar-refractivity contribution is 0.103. The molecule has 8 heteroatoms. The van der Waals surface area contributed by atoms with Crippen molar-refractivity contribution in [1.82, 2.24) is 15.0 Å². The van der Waals surface area contributed by atoms with Gasteiger partial charge in [0.05, 0.1) is 19.2 Å². The topological polar surface area (TPSA) is 88.4 Å². The number of halogens is 1. The van der Waals surface area contributed by atoms with Crippen molar-refractivity contribution in [3.8, 4) is 0 Å². The highest BCUT2D eigenvalue weighted by molar-refractivity contribution is 7.07. The molecule has 0 bridgehead atoms. The van der Waals surface area contributed by atoms with Crippen LogP contribution in [0.5, 0.6) is 0 Å². The average molecular weight is 381 g/mol. The molecule has 0 amide bonds. The maximum Gasteiger partial charge on any atom is 0.240 e. The van der Waals surface area contributed by atoms with E-state index in [0.717, 1.165) is 11.1 Å². The minimum absolute atomic E-state index is 0. The van der Waals surface area contributed by atoms with Crippen molar-refractivity contribution < 1.29 is 9.63 Å². The van der Waals surface area contributed by atoms with Gasteiger partial charge in [-0.25, -0.2) is 0 Å². The van der Waals surface area contributed by atoms with Gasteiger partial charge in [0.2, 0.25) is 5.89 Å². The molecule has 0 spiro atoms. The number of nitrogens with zero attached hydrogens (tertiary/aromatic N) is 3. The Kier molecular flexibility index (Phi) is 7.54. The zero-order chi connectivity index (χ0) is 16.8. The Hall–Kier alpha value is -1.77. The Labute approximate surface area is 156 Å². The molecular weight excluding hydrogens is 360 g/mol. The van der Waals surface area contributed by atoms with Gasteiger partial charge in [-0.1, -0.05) is 35.5 Å². The fourth-order valence-electron chi connectivity index (χ4n) is 2.48. The predicted octanol–water partition coefficient (Wildman–Crippen LogP) is 2.75. The van der Waals surface area contributed by atoms with E-state index in [9.17, 15) is 5.11 Å². The third-order valence-electron chi connectivity index (χ3n) is 3.66. The van der Waals surface area contributed by atoms with E-state index >= 15 is 0 Å². The summed E-state index contributed by atoms with van der Waals surface area (Å²) in [7, 11) is 0. The van der Waals surface area contributed by atoms with Gasteiger partial charge in [-0.05, 0) is 28.0 Å². The molecule has 0 saturated carbocycles. The number of aliphatic hydroxyl groups excluding tert-OH is 1. The largest absolute Gasteiger partial charge is 0.387 e. The van der Waals surface area contributed by atoms with Gasteiger partial charge in [0.1, 0.15) is 0 Å². The first-order valence-corrected chi connectivity index (χ1v) is 8.67. The number of aromatic nitrogens is 2. The second kappa shape index (κ2) is 9.65. The zero-order valence-corrected chi connectivity index (χ0v) is 15.2. The third kappa shape index (κ3) is 5.62. The Morgan fingerprint density at radius 1 is 1.20 bits per heavy atom. The molecule has 0 aliphatic rings. The van der Waals surface area contributed by atoms with Crippen molar-refractivity contribution in [2.75, 3.05) is 6.54 Å². The number of hydrogen-bond donors (Lipinski definition) is 2. The number of thiophene rings is 1. The van der Waals surface area contributed by atoms with Crippen molar-refractivity contribution in [2.24, 2.45) is 5.73 Å². The number of nitrogens with two attached hydrogens (primary N) is 1. The Morgan fingerprint density at radius 3 is 2.64 bits per heavy atom. The summed E-state index contributed by atoms with van der Waals surface area (Å²) in [4.78, 5) is 6.36. The van der Waals surface area contributed by atoms with Crippen LogP contribution in [0.1, 0.15) is 28.9 Å². The first kappa shape index (κ1) is 19.6. The van der Waals surface area contributed by atoms with Crippen molar-refractivity contribution in [3.63, 3.8) is 0 Å². The SMILES string of the molecule is Cl.NCc1nc(CN(Cc2ccccc2)CC(O)c2ccsc2)no1. The van der Waals surface area contributed by atoms with E-state index in [1.807, 2.05) is 35.0 Å². The molecule has 0 fully saturated rings. The molecule has 134 valence electrons.